The van der Waals surface area contributed by atoms with Crippen LogP contribution in [0.5, 0.6) is 5.75 Å². The number of fused-ring (bicyclic) bond motifs is 1. The van der Waals surface area contributed by atoms with Crippen LogP contribution >= 0.6 is 22.7 Å². The second-order valence-electron chi connectivity index (χ2n) is 5.90. The number of benzene rings is 1. The van der Waals surface area contributed by atoms with E-state index >= 15 is 0 Å². The number of amides is 1. The topological polar surface area (TPSA) is 77.2 Å². The molecule has 0 aliphatic carbocycles. The van der Waals surface area contributed by atoms with E-state index < -0.39 is 12.3 Å². The van der Waals surface area contributed by atoms with Crippen LogP contribution in [0.4, 0.5) is 24.5 Å². The highest BCUT2D eigenvalue weighted by atomic mass is 32.1. The number of rotatable bonds is 4. The Bertz CT molecular complexity index is 1170. The third kappa shape index (κ3) is 4.17. The van der Waals surface area contributed by atoms with E-state index in [9.17, 15) is 18.0 Å². The van der Waals surface area contributed by atoms with Crippen LogP contribution in [0, 0.1) is 0 Å². The lowest BCUT2D eigenvalue weighted by atomic mass is 10.2. The molecule has 1 aromatic carbocycles. The van der Waals surface area contributed by atoms with Crippen molar-refractivity contribution in [3.05, 3.63) is 58.8 Å². The number of carbonyl (C=O) groups excluding carboxylic acids is 1. The molecule has 4 aromatic rings. The second-order valence-corrected chi connectivity index (χ2v) is 7.84. The van der Waals surface area contributed by atoms with Gasteiger partial charge in [0.1, 0.15) is 15.5 Å². The van der Waals surface area contributed by atoms with Gasteiger partial charge in [-0.2, -0.15) is 0 Å². The van der Waals surface area contributed by atoms with E-state index in [0.717, 1.165) is 34.0 Å². The summed E-state index contributed by atoms with van der Waals surface area (Å²) in [5.41, 5.74) is 7.54. The Kier molecular flexibility index (Phi) is 4.89. The van der Waals surface area contributed by atoms with Crippen LogP contribution in [-0.2, 0) is 0 Å². The number of nitrogens with one attached hydrogen (secondary N) is 1. The van der Waals surface area contributed by atoms with Crippen molar-refractivity contribution in [2.45, 2.75) is 6.36 Å². The first kappa shape index (κ1) is 19.2. The van der Waals surface area contributed by atoms with Crippen molar-refractivity contribution < 1.29 is 22.7 Å². The van der Waals surface area contributed by atoms with Crippen molar-refractivity contribution in [3.8, 4) is 16.3 Å². The quantitative estimate of drug-likeness (QED) is 0.427. The zero-order valence-corrected chi connectivity index (χ0v) is 16.1. The van der Waals surface area contributed by atoms with Gasteiger partial charge in [-0.05, 0) is 47.8 Å². The molecule has 0 atom stereocenters. The fourth-order valence-corrected chi connectivity index (χ4v) is 4.34. The van der Waals surface area contributed by atoms with Gasteiger partial charge in [0.05, 0.1) is 16.3 Å². The molecule has 0 aliphatic rings. The molecule has 0 fully saturated rings. The third-order valence-corrected chi connectivity index (χ3v) is 5.93. The molecular weight excluding hydrogens is 423 g/mol. The smallest absolute Gasteiger partial charge is 0.406 e. The summed E-state index contributed by atoms with van der Waals surface area (Å²) in [7, 11) is 0. The van der Waals surface area contributed by atoms with Gasteiger partial charge in [0.25, 0.3) is 5.91 Å². The summed E-state index contributed by atoms with van der Waals surface area (Å²) in [6.45, 7) is 0. The molecule has 3 aromatic heterocycles. The minimum atomic E-state index is -4.77. The minimum Gasteiger partial charge on any atom is -0.406 e. The van der Waals surface area contributed by atoms with Crippen LogP contribution in [0.3, 0.4) is 0 Å². The van der Waals surface area contributed by atoms with Crippen molar-refractivity contribution in [2.75, 3.05) is 11.1 Å². The predicted molar refractivity (Wildman–Crippen MR) is 108 cm³/mol. The van der Waals surface area contributed by atoms with Crippen molar-refractivity contribution in [2.24, 2.45) is 0 Å². The highest BCUT2D eigenvalue weighted by Gasteiger charge is 2.31. The summed E-state index contributed by atoms with van der Waals surface area (Å²) in [4.78, 5) is 19.1. The van der Waals surface area contributed by atoms with Crippen molar-refractivity contribution in [3.63, 3.8) is 0 Å². The molecule has 10 heteroatoms. The van der Waals surface area contributed by atoms with Crippen LogP contribution in [0.2, 0.25) is 0 Å². The van der Waals surface area contributed by atoms with Gasteiger partial charge in [0.2, 0.25) is 0 Å². The number of nitrogen functional groups attached to an aromatic ring is 1. The largest absolute Gasteiger partial charge is 0.573 e. The van der Waals surface area contributed by atoms with Gasteiger partial charge >= 0.3 is 6.36 Å². The molecule has 0 saturated heterocycles. The Balaban J connectivity index is 1.56. The molecule has 0 unspecified atom stereocenters. The van der Waals surface area contributed by atoms with Crippen molar-refractivity contribution in [1.29, 1.82) is 0 Å². The molecule has 0 radical (unpaired) electrons. The second kappa shape index (κ2) is 7.37. The number of nitrogens with two attached hydrogens (primary N) is 1. The molecule has 0 spiro atoms. The number of pyridine rings is 1. The number of aromatic nitrogens is 1. The SMILES string of the molecule is Nc1c(C(=O)Nc2ccc(OC(F)(F)F)cc2)sc2nc(-c3cccs3)ccc12. The first-order chi connectivity index (χ1) is 13.8. The average Bonchev–Trinajstić information content (AvgIpc) is 3.30. The van der Waals surface area contributed by atoms with E-state index in [1.807, 2.05) is 29.6 Å². The Hall–Kier alpha value is -3.11. The number of hydrogen-bond acceptors (Lipinski definition) is 6. The van der Waals surface area contributed by atoms with Crippen LogP contribution in [0.25, 0.3) is 20.8 Å². The summed E-state index contributed by atoms with van der Waals surface area (Å²) in [5, 5.41) is 5.25. The Labute approximate surface area is 170 Å². The summed E-state index contributed by atoms with van der Waals surface area (Å²) >= 11 is 2.72. The van der Waals surface area contributed by atoms with E-state index in [-0.39, 0.29) is 10.6 Å². The lowest BCUT2D eigenvalue weighted by molar-refractivity contribution is -0.274. The standard InChI is InChI=1S/C19H12F3N3O2S2/c20-19(21,22)27-11-5-3-10(4-6-11)24-17(26)16-15(23)12-7-8-13(25-18(12)29-16)14-2-1-9-28-14/h1-9H,23H2,(H,24,26). The maximum atomic E-state index is 12.6. The number of alkyl halides is 3. The summed E-state index contributed by atoms with van der Waals surface area (Å²) in [6, 6.07) is 12.4. The number of halogens is 3. The third-order valence-electron chi connectivity index (χ3n) is 3.92. The number of nitrogens with zero attached hydrogens (tertiary/aromatic N) is 1. The van der Waals surface area contributed by atoms with Crippen molar-refractivity contribution in [1.82, 2.24) is 4.98 Å². The maximum absolute atomic E-state index is 12.6. The molecule has 0 bridgehead atoms. The molecule has 148 valence electrons. The molecule has 29 heavy (non-hydrogen) atoms. The number of anilines is 2. The lowest BCUT2D eigenvalue weighted by Gasteiger charge is -2.09. The van der Waals surface area contributed by atoms with E-state index in [1.54, 1.807) is 11.3 Å². The first-order valence-electron chi connectivity index (χ1n) is 8.20. The first-order valence-corrected chi connectivity index (χ1v) is 9.90. The summed E-state index contributed by atoms with van der Waals surface area (Å²) < 4.78 is 40.5. The van der Waals surface area contributed by atoms with Crippen LogP contribution in [-0.4, -0.2) is 17.3 Å². The van der Waals surface area contributed by atoms with Gasteiger partial charge in [-0.25, -0.2) is 4.98 Å². The Morgan fingerprint density at radius 1 is 1.10 bits per heavy atom. The van der Waals surface area contributed by atoms with Gasteiger partial charge in [-0.1, -0.05) is 6.07 Å². The van der Waals surface area contributed by atoms with E-state index in [2.05, 4.69) is 15.0 Å². The number of carbonyl (C=O) groups is 1. The van der Waals surface area contributed by atoms with Crippen molar-refractivity contribution >= 4 is 50.2 Å². The Morgan fingerprint density at radius 2 is 1.86 bits per heavy atom. The molecule has 0 aliphatic heterocycles. The zero-order chi connectivity index (χ0) is 20.6. The molecule has 1 amide bonds. The average molecular weight is 435 g/mol. The molecule has 4 rings (SSSR count). The van der Waals surface area contributed by atoms with Crippen LogP contribution in [0.1, 0.15) is 9.67 Å². The molecular formula is C19H12F3N3O2S2. The van der Waals surface area contributed by atoms with Gasteiger partial charge in [-0.3, -0.25) is 4.79 Å². The molecule has 3 N–H and O–H groups in total. The van der Waals surface area contributed by atoms with Crippen LogP contribution < -0.4 is 15.8 Å². The van der Waals surface area contributed by atoms with Gasteiger partial charge < -0.3 is 15.8 Å². The van der Waals surface area contributed by atoms with Gasteiger partial charge in [-0.15, -0.1) is 35.8 Å². The number of ether oxygens (including phenoxy) is 1. The van der Waals surface area contributed by atoms with Gasteiger partial charge in [0, 0.05) is 11.1 Å². The fourth-order valence-electron chi connectivity index (χ4n) is 2.66. The van der Waals surface area contributed by atoms with Gasteiger partial charge in [0.15, 0.2) is 0 Å². The minimum absolute atomic E-state index is 0.284. The molecule has 0 saturated carbocycles. The number of hydrogen-bond donors (Lipinski definition) is 2. The van der Waals surface area contributed by atoms with Crippen LogP contribution in [0.15, 0.2) is 53.9 Å². The summed E-state index contributed by atoms with van der Waals surface area (Å²) in [5.74, 6) is -0.838. The van der Waals surface area contributed by atoms with E-state index in [4.69, 9.17) is 5.73 Å². The lowest BCUT2D eigenvalue weighted by Crippen LogP contribution is -2.17. The Morgan fingerprint density at radius 3 is 2.52 bits per heavy atom. The normalized spacial score (nSPS) is 11.6. The highest BCUT2D eigenvalue weighted by Crippen LogP contribution is 2.35. The fraction of sp³-hybridized carbons (Fsp3) is 0.0526. The summed E-state index contributed by atoms with van der Waals surface area (Å²) in [6.07, 6.45) is -4.77. The van der Waals surface area contributed by atoms with E-state index in [1.165, 1.54) is 12.1 Å². The van der Waals surface area contributed by atoms with E-state index in [0.29, 0.717) is 21.6 Å². The zero-order valence-electron chi connectivity index (χ0n) is 14.5. The monoisotopic (exact) mass is 435 g/mol. The molecule has 5 nitrogen and oxygen atoms in total. The molecule has 3 heterocycles. The highest BCUT2D eigenvalue weighted by molar-refractivity contribution is 7.21. The number of thiophene rings is 2. The maximum Gasteiger partial charge on any atom is 0.573 e. The predicted octanol–water partition coefficient (Wildman–Crippen LogP) is 5.76.